The van der Waals surface area contributed by atoms with Gasteiger partial charge in [0.15, 0.2) is 0 Å². The molecule has 92 valence electrons. The van der Waals surface area contributed by atoms with E-state index in [1.54, 1.807) is 6.33 Å². The lowest BCUT2D eigenvalue weighted by molar-refractivity contribution is 0.643. The van der Waals surface area contributed by atoms with Gasteiger partial charge in [0.2, 0.25) is 0 Å². The second-order valence-electron chi connectivity index (χ2n) is 3.80. The van der Waals surface area contributed by atoms with Crippen molar-refractivity contribution >= 4 is 0 Å². The Morgan fingerprint density at radius 3 is 2.89 bits per heavy atom. The van der Waals surface area contributed by atoms with Crippen molar-refractivity contribution in [3.05, 3.63) is 48.0 Å². The van der Waals surface area contributed by atoms with Crippen LogP contribution in [0, 0.1) is 11.8 Å². The molecule has 2 rings (SSSR count). The van der Waals surface area contributed by atoms with E-state index in [1.165, 1.54) is 0 Å². The summed E-state index contributed by atoms with van der Waals surface area (Å²) in [5.74, 6) is 7.12. The van der Waals surface area contributed by atoms with E-state index in [1.807, 2.05) is 34.9 Å². The van der Waals surface area contributed by atoms with Crippen molar-refractivity contribution in [2.45, 2.75) is 20.0 Å². The van der Waals surface area contributed by atoms with Crippen LogP contribution in [0.3, 0.4) is 0 Å². The van der Waals surface area contributed by atoms with E-state index >= 15 is 0 Å². The average molecular weight is 240 g/mol. The van der Waals surface area contributed by atoms with Crippen LogP contribution in [-0.2, 0) is 13.1 Å². The highest BCUT2D eigenvalue weighted by molar-refractivity contribution is 5.33. The van der Waals surface area contributed by atoms with Gasteiger partial charge in [-0.05, 0) is 19.1 Å². The summed E-state index contributed by atoms with van der Waals surface area (Å²) in [7, 11) is 0. The molecule has 0 spiro atoms. The van der Waals surface area contributed by atoms with Crippen LogP contribution in [0.15, 0.2) is 36.7 Å². The molecule has 1 aromatic heterocycles. The molecular weight excluding hydrogens is 224 g/mol. The smallest absolute Gasteiger partial charge is 0.146 e. The first kappa shape index (κ1) is 12.3. The average Bonchev–Trinajstić information content (AvgIpc) is 2.87. The summed E-state index contributed by atoms with van der Waals surface area (Å²) < 4.78 is 2.01. The third-order valence-electron chi connectivity index (χ3n) is 2.54. The fourth-order valence-electron chi connectivity index (χ4n) is 1.58. The normalized spacial score (nSPS) is 9.83. The largest absolute Gasteiger partial charge is 0.317 e. The molecule has 1 aromatic carbocycles. The maximum atomic E-state index is 4.05. The first-order chi connectivity index (χ1) is 8.90. The molecule has 0 aliphatic heterocycles. The van der Waals surface area contributed by atoms with Crippen LogP contribution < -0.4 is 5.32 Å². The minimum absolute atomic E-state index is 0.644. The lowest BCUT2D eigenvalue weighted by Gasteiger charge is -2.02. The highest BCUT2D eigenvalue weighted by Crippen LogP contribution is 1.95. The molecule has 1 heterocycles. The second kappa shape index (κ2) is 6.58. The van der Waals surface area contributed by atoms with Gasteiger partial charge in [0.05, 0.1) is 13.1 Å². The summed E-state index contributed by atoms with van der Waals surface area (Å²) in [5.41, 5.74) is 1.04. The summed E-state index contributed by atoms with van der Waals surface area (Å²) in [6, 6.07) is 9.96. The van der Waals surface area contributed by atoms with Crippen molar-refractivity contribution in [3.8, 4) is 11.8 Å². The van der Waals surface area contributed by atoms with Crippen LogP contribution in [-0.4, -0.2) is 21.3 Å². The third-order valence-corrected chi connectivity index (χ3v) is 2.54. The van der Waals surface area contributed by atoms with E-state index in [0.29, 0.717) is 13.1 Å². The van der Waals surface area contributed by atoms with Crippen molar-refractivity contribution in [2.75, 3.05) is 6.54 Å². The number of nitrogens with zero attached hydrogens (tertiary/aromatic N) is 3. The molecule has 0 atom stereocenters. The van der Waals surface area contributed by atoms with Gasteiger partial charge in [-0.2, -0.15) is 0 Å². The Morgan fingerprint density at radius 2 is 2.11 bits per heavy atom. The molecule has 0 aliphatic carbocycles. The van der Waals surface area contributed by atoms with E-state index < -0.39 is 0 Å². The van der Waals surface area contributed by atoms with Gasteiger partial charge in [-0.25, -0.2) is 0 Å². The Morgan fingerprint density at radius 1 is 1.28 bits per heavy atom. The SMILES string of the molecule is CCn1cnnc1CNCC#Cc1ccccc1. The molecule has 0 saturated heterocycles. The molecule has 2 aromatic rings. The number of benzene rings is 1. The van der Waals surface area contributed by atoms with Gasteiger partial charge in [-0.1, -0.05) is 30.0 Å². The molecule has 0 fully saturated rings. The zero-order valence-corrected chi connectivity index (χ0v) is 10.4. The summed E-state index contributed by atoms with van der Waals surface area (Å²) in [4.78, 5) is 0. The monoisotopic (exact) mass is 240 g/mol. The number of hydrogen-bond donors (Lipinski definition) is 1. The highest BCUT2D eigenvalue weighted by atomic mass is 15.3. The van der Waals surface area contributed by atoms with Crippen molar-refractivity contribution in [2.24, 2.45) is 0 Å². The van der Waals surface area contributed by atoms with Crippen LogP contribution in [0.5, 0.6) is 0 Å². The van der Waals surface area contributed by atoms with Crippen LogP contribution in [0.1, 0.15) is 18.3 Å². The molecule has 0 saturated carbocycles. The van der Waals surface area contributed by atoms with Crippen molar-refractivity contribution in [1.29, 1.82) is 0 Å². The summed E-state index contributed by atoms with van der Waals surface area (Å²) in [6.07, 6.45) is 1.74. The van der Waals surface area contributed by atoms with E-state index in [4.69, 9.17) is 0 Å². The van der Waals surface area contributed by atoms with Crippen LogP contribution in [0.4, 0.5) is 0 Å². The minimum atomic E-state index is 0.644. The van der Waals surface area contributed by atoms with Gasteiger partial charge >= 0.3 is 0 Å². The van der Waals surface area contributed by atoms with Gasteiger partial charge < -0.3 is 4.57 Å². The zero-order chi connectivity index (χ0) is 12.6. The van der Waals surface area contributed by atoms with Crippen molar-refractivity contribution in [1.82, 2.24) is 20.1 Å². The van der Waals surface area contributed by atoms with Gasteiger partial charge in [0.1, 0.15) is 12.2 Å². The lowest BCUT2D eigenvalue weighted by Crippen LogP contribution is -2.17. The van der Waals surface area contributed by atoms with Gasteiger partial charge in [-0.3, -0.25) is 5.32 Å². The molecule has 4 heteroatoms. The number of hydrogen-bond acceptors (Lipinski definition) is 3. The second-order valence-corrected chi connectivity index (χ2v) is 3.80. The van der Waals surface area contributed by atoms with E-state index in [0.717, 1.165) is 17.9 Å². The molecule has 0 amide bonds. The fourth-order valence-corrected chi connectivity index (χ4v) is 1.58. The molecule has 0 radical (unpaired) electrons. The zero-order valence-electron chi connectivity index (χ0n) is 10.4. The Bertz CT molecular complexity index is 534. The Hall–Kier alpha value is -2.12. The van der Waals surface area contributed by atoms with Crippen molar-refractivity contribution < 1.29 is 0 Å². The number of rotatable bonds is 4. The Balaban J connectivity index is 1.79. The molecular formula is C14H16N4. The molecule has 0 bridgehead atoms. The molecule has 18 heavy (non-hydrogen) atoms. The van der Waals surface area contributed by atoms with E-state index in [9.17, 15) is 0 Å². The minimum Gasteiger partial charge on any atom is -0.317 e. The maximum absolute atomic E-state index is 4.05. The van der Waals surface area contributed by atoms with Crippen molar-refractivity contribution in [3.63, 3.8) is 0 Å². The van der Waals surface area contributed by atoms with E-state index in [-0.39, 0.29) is 0 Å². The van der Waals surface area contributed by atoms with E-state index in [2.05, 4.69) is 34.3 Å². The Labute approximate surface area is 107 Å². The van der Waals surface area contributed by atoms with Crippen LogP contribution in [0.25, 0.3) is 0 Å². The highest BCUT2D eigenvalue weighted by Gasteiger charge is 1.99. The molecule has 0 aliphatic rings. The van der Waals surface area contributed by atoms with Crippen LogP contribution in [0.2, 0.25) is 0 Å². The predicted octanol–water partition coefficient (Wildman–Crippen LogP) is 1.44. The third kappa shape index (κ3) is 3.44. The first-order valence-electron chi connectivity index (χ1n) is 6.01. The summed E-state index contributed by atoms with van der Waals surface area (Å²) in [5, 5.41) is 11.2. The lowest BCUT2D eigenvalue weighted by atomic mass is 10.2. The first-order valence-corrected chi connectivity index (χ1v) is 6.01. The Kier molecular flexibility index (Phi) is 4.51. The molecule has 1 N–H and O–H groups in total. The maximum Gasteiger partial charge on any atom is 0.146 e. The summed E-state index contributed by atoms with van der Waals surface area (Å²) in [6.45, 7) is 4.30. The van der Waals surface area contributed by atoms with Gasteiger partial charge in [0, 0.05) is 12.1 Å². The standard InChI is InChI=1S/C14H16N4/c1-2-18-12-16-17-14(18)11-15-10-6-9-13-7-4-3-5-8-13/h3-5,7-8,12,15H,2,10-11H2,1H3. The number of nitrogens with one attached hydrogen (secondary N) is 1. The number of aryl methyl sites for hydroxylation is 1. The fraction of sp³-hybridized carbons (Fsp3) is 0.286. The number of aromatic nitrogens is 3. The molecule has 0 unspecified atom stereocenters. The quantitative estimate of drug-likeness (QED) is 0.649. The topological polar surface area (TPSA) is 42.7 Å². The predicted molar refractivity (Wildman–Crippen MR) is 70.7 cm³/mol. The molecule has 4 nitrogen and oxygen atoms in total. The summed E-state index contributed by atoms with van der Waals surface area (Å²) >= 11 is 0. The van der Waals surface area contributed by atoms with Gasteiger partial charge in [-0.15, -0.1) is 10.2 Å². The van der Waals surface area contributed by atoms with Gasteiger partial charge in [0.25, 0.3) is 0 Å². The van der Waals surface area contributed by atoms with Crippen LogP contribution >= 0.6 is 0 Å².